The summed E-state index contributed by atoms with van der Waals surface area (Å²) in [6.45, 7) is 3.02. The number of hydrogen-bond donors (Lipinski definition) is 3. The molecule has 0 spiro atoms. The van der Waals surface area contributed by atoms with Crippen molar-refractivity contribution < 1.29 is 14.7 Å². The predicted octanol–water partition coefficient (Wildman–Crippen LogP) is 1.59. The summed E-state index contributed by atoms with van der Waals surface area (Å²) in [5.74, 6) is -1.27. The van der Waals surface area contributed by atoms with E-state index in [2.05, 4.69) is 15.6 Å². The Kier molecular flexibility index (Phi) is 4.94. The summed E-state index contributed by atoms with van der Waals surface area (Å²) in [5, 5.41) is 15.7. The molecule has 1 heterocycles. The molecule has 1 aromatic rings. The minimum Gasteiger partial charge on any atom is -0.481 e. The van der Waals surface area contributed by atoms with Crippen molar-refractivity contribution in [1.29, 1.82) is 0 Å². The molecule has 0 bridgehead atoms. The van der Waals surface area contributed by atoms with Gasteiger partial charge in [-0.25, -0.2) is 4.98 Å². The number of fused-ring (bicyclic) bond motifs is 1. The van der Waals surface area contributed by atoms with E-state index < -0.39 is 11.9 Å². The van der Waals surface area contributed by atoms with Gasteiger partial charge in [0.15, 0.2) is 5.13 Å². The number of rotatable bonds is 6. The molecular weight excluding hydrogens is 278 g/mol. The van der Waals surface area contributed by atoms with Gasteiger partial charge in [0.2, 0.25) is 5.91 Å². The van der Waals surface area contributed by atoms with Crippen molar-refractivity contribution in [3.8, 4) is 0 Å². The predicted molar refractivity (Wildman–Crippen MR) is 77.2 cm³/mol. The van der Waals surface area contributed by atoms with Gasteiger partial charge in [0.05, 0.1) is 5.69 Å². The highest BCUT2D eigenvalue weighted by atomic mass is 32.1. The largest absolute Gasteiger partial charge is 0.481 e. The third-order valence-electron chi connectivity index (χ3n) is 3.25. The molecular formula is C13H19N3O3S. The van der Waals surface area contributed by atoms with E-state index in [1.54, 1.807) is 0 Å². The summed E-state index contributed by atoms with van der Waals surface area (Å²) >= 11 is 1.50. The Balaban J connectivity index is 1.94. The zero-order valence-electron chi connectivity index (χ0n) is 11.4. The molecule has 1 aromatic heterocycles. The summed E-state index contributed by atoms with van der Waals surface area (Å²) in [6, 6.07) is 0. The number of aromatic nitrogens is 1. The lowest BCUT2D eigenvalue weighted by atomic mass is 9.91. The Labute approximate surface area is 121 Å². The lowest BCUT2D eigenvalue weighted by Gasteiger charge is -2.16. The SMILES string of the molecule is CCNC(=O)CCNc1nc2c(s1)CCCC2C(=O)O. The van der Waals surface area contributed by atoms with Gasteiger partial charge in [0, 0.05) is 24.4 Å². The number of carboxylic acids is 1. The number of nitrogens with zero attached hydrogens (tertiary/aromatic N) is 1. The van der Waals surface area contributed by atoms with Crippen LogP contribution in [0.25, 0.3) is 0 Å². The van der Waals surface area contributed by atoms with Gasteiger partial charge in [-0.1, -0.05) is 0 Å². The highest BCUT2D eigenvalue weighted by molar-refractivity contribution is 7.15. The molecule has 0 saturated heterocycles. The summed E-state index contributed by atoms with van der Waals surface area (Å²) in [6.07, 6.45) is 2.84. The molecule has 6 nitrogen and oxygen atoms in total. The third kappa shape index (κ3) is 3.47. The Hall–Kier alpha value is -1.63. The van der Waals surface area contributed by atoms with Crippen LogP contribution in [0, 0.1) is 0 Å². The van der Waals surface area contributed by atoms with Crippen molar-refractivity contribution in [2.75, 3.05) is 18.4 Å². The summed E-state index contributed by atoms with van der Waals surface area (Å²) < 4.78 is 0. The first-order chi connectivity index (χ1) is 9.61. The summed E-state index contributed by atoms with van der Waals surface area (Å²) in [4.78, 5) is 28.0. The number of aliphatic carboxylic acids is 1. The van der Waals surface area contributed by atoms with E-state index in [0.29, 0.717) is 36.8 Å². The van der Waals surface area contributed by atoms with Crippen LogP contribution in [0.2, 0.25) is 0 Å². The van der Waals surface area contributed by atoms with E-state index in [1.165, 1.54) is 11.3 Å². The first kappa shape index (κ1) is 14.8. The first-order valence-electron chi connectivity index (χ1n) is 6.84. The average Bonchev–Trinajstić information content (AvgIpc) is 2.81. The third-order valence-corrected chi connectivity index (χ3v) is 4.34. The van der Waals surface area contributed by atoms with E-state index in [0.717, 1.165) is 17.7 Å². The highest BCUT2D eigenvalue weighted by Gasteiger charge is 2.29. The number of carbonyl (C=O) groups is 2. The molecule has 0 saturated carbocycles. The Morgan fingerprint density at radius 1 is 1.50 bits per heavy atom. The van der Waals surface area contributed by atoms with Crippen LogP contribution in [0.5, 0.6) is 0 Å². The fourth-order valence-corrected chi connectivity index (χ4v) is 3.39. The minimum absolute atomic E-state index is 0.00438. The molecule has 0 aliphatic heterocycles. The van der Waals surface area contributed by atoms with Crippen LogP contribution in [-0.2, 0) is 16.0 Å². The van der Waals surface area contributed by atoms with Crippen molar-refractivity contribution in [2.45, 2.75) is 38.5 Å². The highest BCUT2D eigenvalue weighted by Crippen LogP contribution is 2.36. The number of aryl methyl sites for hydroxylation is 1. The Morgan fingerprint density at radius 2 is 2.30 bits per heavy atom. The fourth-order valence-electron chi connectivity index (χ4n) is 2.30. The number of carboxylic acid groups (broad SMARTS) is 1. The van der Waals surface area contributed by atoms with Crippen LogP contribution in [0.4, 0.5) is 5.13 Å². The molecule has 0 fully saturated rings. The summed E-state index contributed by atoms with van der Waals surface area (Å²) in [7, 11) is 0. The number of thiazole rings is 1. The minimum atomic E-state index is -0.801. The van der Waals surface area contributed by atoms with Crippen LogP contribution < -0.4 is 10.6 Å². The van der Waals surface area contributed by atoms with Crippen molar-refractivity contribution in [1.82, 2.24) is 10.3 Å². The fraction of sp³-hybridized carbons (Fsp3) is 0.615. The number of hydrogen-bond acceptors (Lipinski definition) is 5. The molecule has 20 heavy (non-hydrogen) atoms. The van der Waals surface area contributed by atoms with E-state index >= 15 is 0 Å². The van der Waals surface area contributed by atoms with Crippen molar-refractivity contribution in [3.63, 3.8) is 0 Å². The normalized spacial score (nSPS) is 17.4. The van der Waals surface area contributed by atoms with E-state index in [-0.39, 0.29) is 5.91 Å². The van der Waals surface area contributed by atoms with Crippen LogP contribution in [0.1, 0.15) is 42.7 Å². The van der Waals surface area contributed by atoms with Crippen LogP contribution in [0.15, 0.2) is 0 Å². The lowest BCUT2D eigenvalue weighted by molar-refractivity contribution is -0.139. The molecule has 0 aromatic carbocycles. The van der Waals surface area contributed by atoms with E-state index in [1.807, 2.05) is 6.92 Å². The smallest absolute Gasteiger partial charge is 0.312 e. The topological polar surface area (TPSA) is 91.3 Å². The number of carbonyl (C=O) groups excluding carboxylic acids is 1. The van der Waals surface area contributed by atoms with E-state index in [4.69, 9.17) is 0 Å². The molecule has 0 radical (unpaired) electrons. The van der Waals surface area contributed by atoms with Crippen LogP contribution >= 0.6 is 11.3 Å². The average molecular weight is 297 g/mol. The van der Waals surface area contributed by atoms with E-state index in [9.17, 15) is 14.7 Å². The molecule has 2 rings (SSSR count). The van der Waals surface area contributed by atoms with Crippen molar-refractivity contribution in [2.24, 2.45) is 0 Å². The molecule has 7 heteroatoms. The van der Waals surface area contributed by atoms with Gasteiger partial charge >= 0.3 is 5.97 Å². The van der Waals surface area contributed by atoms with Gasteiger partial charge in [-0.2, -0.15) is 0 Å². The molecule has 110 valence electrons. The second-order valence-corrected chi connectivity index (χ2v) is 5.82. The van der Waals surface area contributed by atoms with Crippen LogP contribution in [-0.4, -0.2) is 35.1 Å². The van der Waals surface area contributed by atoms with Crippen LogP contribution in [0.3, 0.4) is 0 Å². The molecule has 1 unspecified atom stereocenters. The standard InChI is InChI=1S/C13H19N3O3S/c1-2-14-10(17)6-7-15-13-16-11-8(12(18)19)4-3-5-9(11)20-13/h8H,2-7H2,1H3,(H,14,17)(H,15,16)(H,18,19). The van der Waals surface area contributed by atoms with Gasteiger partial charge in [-0.3, -0.25) is 9.59 Å². The quantitative estimate of drug-likeness (QED) is 0.741. The lowest BCUT2D eigenvalue weighted by Crippen LogP contribution is -2.24. The second-order valence-electron chi connectivity index (χ2n) is 4.74. The molecule has 1 aliphatic rings. The van der Waals surface area contributed by atoms with Gasteiger partial charge in [0.25, 0.3) is 0 Å². The van der Waals surface area contributed by atoms with Crippen molar-refractivity contribution >= 4 is 28.3 Å². The Bertz CT molecular complexity index is 501. The Morgan fingerprint density at radius 3 is 3.00 bits per heavy atom. The van der Waals surface area contributed by atoms with Gasteiger partial charge < -0.3 is 15.7 Å². The van der Waals surface area contributed by atoms with Crippen molar-refractivity contribution in [3.05, 3.63) is 10.6 Å². The molecule has 1 aliphatic carbocycles. The maximum atomic E-state index is 11.3. The van der Waals surface area contributed by atoms with Gasteiger partial charge in [-0.15, -0.1) is 11.3 Å². The summed E-state index contributed by atoms with van der Waals surface area (Å²) in [5.41, 5.74) is 0.703. The molecule has 1 atom stereocenters. The molecule has 3 N–H and O–H groups in total. The zero-order valence-corrected chi connectivity index (χ0v) is 12.3. The number of amides is 1. The maximum absolute atomic E-state index is 11.3. The van der Waals surface area contributed by atoms with Gasteiger partial charge in [-0.05, 0) is 26.2 Å². The molecule has 1 amide bonds. The second kappa shape index (κ2) is 6.69. The maximum Gasteiger partial charge on any atom is 0.312 e. The zero-order chi connectivity index (χ0) is 14.5. The van der Waals surface area contributed by atoms with Gasteiger partial charge in [0.1, 0.15) is 5.92 Å². The first-order valence-corrected chi connectivity index (χ1v) is 7.66. The monoisotopic (exact) mass is 297 g/mol. The number of anilines is 1. The number of nitrogens with one attached hydrogen (secondary N) is 2.